The first-order valence-electron chi connectivity index (χ1n) is 7.74. The zero-order valence-electron chi connectivity index (χ0n) is 13.2. The highest BCUT2D eigenvalue weighted by atomic mass is 15.0. The van der Waals surface area contributed by atoms with Crippen molar-refractivity contribution in [2.45, 2.75) is 59.0 Å². The first-order chi connectivity index (χ1) is 9.64. The van der Waals surface area contributed by atoms with Gasteiger partial charge >= 0.3 is 0 Å². The van der Waals surface area contributed by atoms with Gasteiger partial charge in [0.05, 0.1) is 5.52 Å². The summed E-state index contributed by atoms with van der Waals surface area (Å²) in [5.74, 6) is 0. The zero-order valence-corrected chi connectivity index (χ0v) is 13.2. The maximum Gasteiger partial charge on any atom is 0.0708 e. The van der Waals surface area contributed by atoms with Crippen LogP contribution in [0.1, 0.15) is 51.3 Å². The Hall–Kier alpha value is -1.41. The molecule has 0 saturated heterocycles. The molecule has 2 rings (SSSR count). The number of hydrogen-bond donors (Lipinski definition) is 1. The highest BCUT2D eigenvalue weighted by Crippen LogP contribution is 2.23. The molecule has 2 aromatic rings. The highest BCUT2D eigenvalue weighted by Gasteiger charge is 2.22. The van der Waals surface area contributed by atoms with Gasteiger partial charge in [-0.2, -0.15) is 0 Å². The fraction of sp³-hybridized carbons (Fsp3) is 0.500. The van der Waals surface area contributed by atoms with Crippen molar-refractivity contribution in [3.63, 3.8) is 0 Å². The van der Waals surface area contributed by atoms with Crippen LogP contribution in [0.15, 0.2) is 30.3 Å². The number of benzene rings is 1. The predicted octanol–water partition coefficient (Wildman–Crippen LogP) is 4.60. The molecule has 20 heavy (non-hydrogen) atoms. The molecule has 0 saturated carbocycles. The lowest BCUT2D eigenvalue weighted by molar-refractivity contribution is 0.288. The minimum Gasteiger partial charge on any atom is -0.307 e. The number of para-hydroxylation sites is 1. The van der Waals surface area contributed by atoms with E-state index in [-0.39, 0.29) is 5.54 Å². The molecule has 2 nitrogen and oxygen atoms in total. The molecule has 1 aromatic heterocycles. The number of rotatable bonds is 6. The maximum absolute atomic E-state index is 4.61. The molecule has 1 heterocycles. The Morgan fingerprint density at radius 2 is 1.70 bits per heavy atom. The number of pyridine rings is 1. The van der Waals surface area contributed by atoms with Gasteiger partial charge in [0.1, 0.15) is 0 Å². The molecule has 0 amide bonds. The second-order valence-corrected chi connectivity index (χ2v) is 5.63. The van der Waals surface area contributed by atoms with Crippen molar-refractivity contribution in [2.75, 3.05) is 0 Å². The number of nitrogens with zero attached hydrogens (tertiary/aromatic N) is 1. The summed E-state index contributed by atoms with van der Waals surface area (Å²) in [5.41, 5.74) is 3.81. The van der Waals surface area contributed by atoms with E-state index in [1.807, 2.05) is 0 Å². The number of fused-ring (bicyclic) bond motifs is 1. The number of aromatic nitrogens is 1. The molecule has 0 radical (unpaired) electrons. The molecule has 1 aromatic carbocycles. The molecule has 0 aliphatic rings. The monoisotopic (exact) mass is 270 g/mol. The fourth-order valence-corrected chi connectivity index (χ4v) is 2.95. The molecular weight excluding hydrogens is 244 g/mol. The number of nitrogens with one attached hydrogen (secondary N) is 1. The van der Waals surface area contributed by atoms with Gasteiger partial charge in [-0.1, -0.05) is 39.0 Å². The quantitative estimate of drug-likeness (QED) is 0.829. The van der Waals surface area contributed by atoms with Crippen LogP contribution in [-0.2, 0) is 6.54 Å². The van der Waals surface area contributed by atoms with Gasteiger partial charge in [0.15, 0.2) is 0 Å². The van der Waals surface area contributed by atoms with Crippen LogP contribution in [0.4, 0.5) is 0 Å². The maximum atomic E-state index is 4.61. The van der Waals surface area contributed by atoms with Crippen LogP contribution in [-0.4, -0.2) is 10.5 Å². The lowest BCUT2D eigenvalue weighted by atomic mass is 9.89. The minimum absolute atomic E-state index is 0.262. The SMILES string of the molecule is CCC(CC)(CC)NCc1cc(C)nc2ccccc12. The molecule has 0 bridgehead atoms. The minimum atomic E-state index is 0.262. The summed E-state index contributed by atoms with van der Waals surface area (Å²) in [6.07, 6.45) is 3.51. The Kier molecular flexibility index (Phi) is 4.77. The number of aryl methyl sites for hydroxylation is 1. The molecule has 0 unspecified atom stereocenters. The van der Waals surface area contributed by atoms with E-state index in [0.717, 1.165) is 17.8 Å². The summed E-state index contributed by atoms with van der Waals surface area (Å²) in [6.45, 7) is 9.81. The van der Waals surface area contributed by atoms with Crippen molar-refractivity contribution < 1.29 is 0 Å². The average molecular weight is 270 g/mol. The molecule has 0 fully saturated rings. The van der Waals surface area contributed by atoms with E-state index in [1.165, 1.54) is 30.2 Å². The van der Waals surface area contributed by atoms with E-state index in [2.05, 4.69) is 68.3 Å². The van der Waals surface area contributed by atoms with Crippen LogP contribution in [0.3, 0.4) is 0 Å². The molecule has 0 aliphatic heterocycles. The van der Waals surface area contributed by atoms with Gasteiger partial charge in [-0.05, 0) is 43.9 Å². The second-order valence-electron chi connectivity index (χ2n) is 5.63. The van der Waals surface area contributed by atoms with Gasteiger partial charge < -0.3 is 5.32 Å². The van der Waals surface area contributed by atoms with Crippen molar-refractivity contribution in [1.29, 1.82) is 0 Å². The molecule has 108 valence electrons. The normalized spacial score (nSPS) is 12.0. The van der Waals surface area contributed by atoms with Crippen LogP contribution in [0.5, 0.6) is 0 Å². The molecule has 2 heteroatoms. The van der Waals surface area contributed by atoms with Crippen molar-refractivity contribution in [1.82, 2.24) is 10.3 Å². The van der Waals surface area contributed by atoms with Gasteiger partial charge in [0, 0.05) is 23.2 Å². The largest absolute Gasteiger partial charge is 0.307 e. The Morgan fingerprint density at radius 1 is 1.05 bits per heavy atom. The molecule has 0 spiro atoms. The Labute approximate surface area is 122 Å². The van der Waals surface area contributed by atoms with Crippen LogP contribution in [0, 0.1) is 6.92 Å². The van der Waals surface area contributed by atoms with Crippen LogP contribution in [0.25, 0.3) is 10.9 Å². The van der Waals surface area contributed by atoms with Crippen LogP contribution < -0.4 is 5.32 Å². The van der Waals surface area contributed by atoms with Crippen molar-refractivity contribution in [2.24, 2.45) is 0 Å². The van der Waals surface area contributed by atoms with E-state index in [1.54, 1.807) is 0 Å². The summed E-state index contributed by atoms with van der Waals surface area (Å²) >= 11 is 0. The molecule has 0 atom stereocenters. The zero-order chi connectivity index (χ0) is 14.6. The van der Waals surface area contributed by atoms with Gasteiger partial charge in [0.2, 0.25) is 0 Å². The predicted molar refractivity (Wildman–Crippen MR) is 86.9 cm³/mol. The molecule has 1 N–H and O–H groups in total. The van der Waals surface area contributed by atoms with Gasteiger partial charge in [-0.25, -0.2) is 0 Å². The Bertz CT molecular complexity index is 562. The third kappa shape index (κ3) is 3.01. The first-order valence-corrected chi connectivity index (χ1v) is 7.74. The van der Waals surface area contributed by atoms with Crippen LogP contribution in [0.2, 0.25) is 0 Å². The number of hydrogen-bond acceptors (Lipinski definition) is 2. The Morgan fingerprint density at radius 3 is 2.35 bits per heavy atom. The lowest BCUT2D eigenvalue weighted by Gasteiger charge is -2.32. The lowest BCUT2D eigenvalue weighted by Crippen LogP contribution is -2.43. The molecular formula is C18H26N2. The Balaban J connectivity index is 2.30. The van der Waals surface area contributed by atoms with Gasteiger partial charge in [-0.15, -0.1) is 0 Å². The fourth-order valence-electron chi connectivity index (χ4n) is 2.95. The smallest absolute Gasteiger partial charge is 0.0708 e. The van der Waals surface area contributed by atoms with E-state index < -0.39 is 0 Å². The van der Waals surface area contributed by atoms with Crippen molar-refractivity contribution in [3.8, 4) is 0 Å². The summed E-state index contributed by atoms with van der Waals surface area (Å²) in [5, 5.41) is 5.06. The summed E-state index contributed by atoms with van der Waals surface area (Å²) in [4.78, 5) is 4.61. The third-order valence-corrected chi connectivity index (χ3v) is 4.61. The summed E-state index contributed by atoms with van der Waals surface area (Å²) < 4.78 is 0. The highest BCUT2D eigenvalue weighted by molar-refractivity contribution is 5.82. The van der Waals surface area contributed by atoms with Gasteiger partial charge in [-0.3, -0.25) is 4.98 Å². The van der Waals surface area contributed by atoms with Crippen LogP contribution >= 0.6 is 0 Å². The third-order valence-electron chi connectivity index (χ3n) is 4.61. The summed E-state index contributed by atoms with van der Waals surface area (Å²) in [6, 6.07) is 10.6. The van der Waals surface area contributed by atoms with Crippen molar-refractivity contribution in [3.05, 3.63) is 41.6 Å². The topological polar surface area (TPSA) is 24.9 Å². The first kappa shape index (κ1) is 15.0. The average Bonchev–Trinajstić information content (AvgIpc) is 2.49. The van der Waals surface area contributed by atoms with E-state index in [4.69, 9.17) is 0 Å². The van der Waals surface area contributed by atoms with Crippen molar-refractivity contribution >= 4 is 10.9 Å². The van der Waals surface area contributed by atoms with Gasteiger partial charge in [0.25, 0.3) is 0 Å². The van der Waals surface area contributed by atoms with E-state index in [9.17, 15) is 0 Å². The summed E-state index contributed by atoms with van der Waals surface area (Å²) in [7, 11) is 0. The molecule has 0 aliphatic carbocycles. The van der Waals surface area contributed by atoms with E-state index >= 15 is 0 Å². The second kappa shape index (κ2) is 6.36. The van der Waals surface area contributed by atoms with E-state index in [0.29, 0.717) is 0 Å². The standard InChI is InChI=1S/C18H26N2/c1-5-18(6-2,7-3)19-13-15-12-14(4)20-17-11-9-8-10-16(15)17/h8-12,19H,5-7,13H2,1-4H3.